The van der Waals surface area contributed by atoms with Crippen LogP contribution in [0.4, 0.5) is 0 Å². The molecule has 26 heavy (non-hydrogen) atoms. The van der Waals surface area contributed by atoms with Crippen LogP contribution in [0.3, 0.4) is 0 Å². The average molecular weight is 399 g/mol. The highest BCUT2D eigenvalue weighted by Crippen LogP contribution is 2.10. The van der Waals surface area contributed by atoms with E-state index in [0.717, 1.165) is 12.8 Å². The topological polar surface area (TPSA) is 119 Å². The maximum absolute atomic E-state index is 10.1. The summed E-state index contributed by atoms with van der Waals surface area (Å²) in [7, 11) is -4.48. The fraction of sp³-hybridized carbons (Fsp3) is 1.00. The second-order valence-electron chi connectivity index (χ2n) is 6.77. The van der Waals surface area contributed by atoms with E-state index in [1.807, 2.05) is 0 Å². The van der Waals surface area contributed by atoms with Crippen LogP contribution in [-0.2, 0) is 14.6 Å². The highest BCUT2D eigenvalue weighted by molar-refractivity contribution is 7.80. The van der Waals surface area contributed by atoms with Crippen LogP contribution in [0.15, 0.2) is 0 Å². The molecule has 0 bridgehead atoms. The maximum atomic E-state index is 10.1. The molecule has 0 amide bonds. The van der Waals surface area contributed by atoms with Gasteiger partial charge in [0.25, 0.3) is 0 Å². The van der Waals surface area contributed by atoms with Crippen LogP contribution in [0.2, 0.25) is 0 Å². The molecule has 0 aliphatic carbocycles. The number of rotatable bonds is 16. The maximum Gasteiger partial charge on any atom is 0.217 e. The summed E-state index contributed by atoms with van der Waals surface area (Å²) in [4.78, 5) is 0. The number of nitrogens with one attached hydrogen (secondary N) is 1. The monoisotopic (exact) mass is 398 g/mol. The van der Waals surface area contributed by atoms with E-state index in [2.05, 4.69) is 16.4 Å². The van der Waals surface area contributed by atoms with Crippen molar-refractivity contribution >= 4 is 10.4 Å². The zero-order valence-electron chi connectivity index (χ0n) is 16.8. The standard InChI is InChI=1S/C12H26O4S.C6H15NO2/c1-2-3-4-5-6-7-8-9-10-11-12-16-17(13,14)15;1-5(8)3-7-4-6(2)9/h2-12H2,1H3,(H,13,14,15);5-9H,3-4H2,1-2H3/p-1. The molecule has 0 aromatic heterocycles. The summed E-state index contributed by atoms with van der Waals surface area (Å²) in [6.45, 7) is 6.74. The average Bonchev–Trinajstić information content (AvgIpc) is 2.51. The first-order chi connectivity index (χ1) is 12.2. The summed E-state index contributed by atoms with van der Waals surface area (Å²) < 4.78 is 34.5. The minimum absolute atomic E-state index is 0.0301. The molecule has 0 heterocycles. The van der Waals surface area contributed by atoms with E-state index < -0.39 is 10.4 Å². The van der Waals surface area contributed by atoms with Gasteiger partial charge in [0.05, 0.1) is 18.8 Å². The summed E-state index contributed by atoms with van der Waals surface area (Å²) >= 11 is 0. The first-order valence-corrected chi connectivity index (χ1v) is 11.2. The van der Waals surface area contributed by atoms with Gasteiger partial charge in [-0.1, -0.05) is 64.7 Å². The normalized spacial score (nSPS) is 13.8. The predicted molar refractivity (Wildman–Crippen MR) is 104 cm³/mol. The van der Waals surface area contributed by atoms with Crippen LogP contribution in [0.5, 0.6) is 0 Å². The summed E-state index contributed by atoms with van der Waals surface area (Å²) in [5, 5.41) is 20.3. The lowest BCUT2D eigenvalue weighted by atomic mass is 10.1. The molecule has 7 nitrogen and oxygen atoms in total. The SMILES string of the molecule is CC(O)CNCC(C)O.CCCCCCCCCCCCOS(=O)(=O)[O-]. The lowest BCUT2D eigenvalue weighted by Gasteiger charge is -2.07. The van der Waals surface area contributed by atoms with Crippen molar-refractivity contribution in [2.45, 2.75) is 97.2 Å². The van der Waals surface area contributed by atoms with Crippen molar-refractivity contribution in [1.29, 1.82) is 0 Å². The summed E-state index contributed by atoms with van der Waals surface area (Å²) in [5.41, 5.74) is 0. The van der Waals surface area contributed by atoms with Crippen molar-refractivity contribution in [3.8, 4) is 0 Å². The molecule has 0 aliphatic rings. The van der Waals surface area contributed by atoms with E-state index in [1.165, 1.54) is 44.9 Å². The zero-order valence-corrected chi connectivity index (χ0v) is 17.6. The quantitative estimate of drug-likeness (QED) is 0.208. The molecule has 0 aromatic rings. The Kier molecular flexibility index (Phi) is 21.0. The minimum Gasteiger partial charge on any atom is -0.726 e. The Bertz CT molecular complexity index is 366. The zero-order chi connectivity index (χ0) is 20.3. The fourth-order valence-corrected chi connectivity index (χ4v) is 2.57. The van der Waals surface area contributed by atoms with Crippen LogP contribution in [0.25, 0.3) is 0 Å². The molecular formula is C18H40NO6S-. The van der Waals surface area contributed by atoms with Gasteiger partial charge in [-0.2, -0.15) is 0 Å². The van der Waals surface area contributed by atoms with Crippen LogP contribution in [0, 0.1) is 0 Å². The molecule has 8 heteroatoms. The fourth-order valence-electron chi connectivity index (χ4n) is 2.25. The molecular weight excluding hydrogens is 358 g/mol. The smallest absolute Gasteiger partial charge is 0.217 e. The third-order valence-corrected chi connectivity index (χ3v) is 4.06. The van der Waals surface area contributed by atoms with E-state index in [1.54, 1.807) is 13.8 Å². The van der Waals surface area contributed by atoms with Crippen molar-refractivity contribution in [1.82, 2.24) is 5.32 Å². The number of aliphatic hydroxyl groups excluding tert-OH is 2. The lowest BCUT2D eigenvalue weighted by Crippen LogP contribution is -2.30. The second kappa shape index (κ2) is 19.5. The van der Waals surface area contributed by atoms with Crippen molar-refractivity contribution in [3.63, 3.8) is 0 Å². The Morgan fingerprint density at radius 1 is 0.846 bits per heavy atom. The Morgan fingerprint density at radius 3 is 1.58 bits per heavy atom. The molecule has 2 atom stereocenters. The van der Waals surface area contributed by atoms with E-state index in [-0.39, 0.29) is 18.8 Å². The van der Waals surface area contributed by atoms with Crippen molar-refractivity contribution in [2.24, 2.45) is 0 Å². The lowest BCUT2D eigenvalue weighted by molar-refractivity contribution is 0.164. The highest BCUT2D eigenvalue weighted by atomic mass is 32.3. The van der Waals surface area contributed by atoms with Crippen molar-refractivity contribution < 1.29 is 27.4 Å². The van der Waals surface area contributed by atoms with Gasteiger partial charge in [-0.3, -0.25) is 4.18 Å². The Morgan fingerprint density at radius 2 is 1.23 bits per heavy atom. The Labute approximate surface area is 160 Å². The first-order valence-electron chi connectivity index (χ1n) is 9.86. The van der Waals surface area contributed by atoms with Gasteiger partial charge >= 0.3 is 0 Å². The molecule has 0 radical (unpaired) electrons. The van der Waals surface area contributed by atoms with Crippen molar-refractivity contribution in [2.75, 3.05) is 19.7 Å². The number of aliphatic hydroxyl groups is 2. The van der Waals surface area contributed by atoms with Gasteiger partial charge < -0.3 is 20.1 Å². The third kappa shape index (κ3) is 31.5. The van der Waals surface area contributed by atoms with Crippen LogP contribution in [0.1, 0.15) is 85.0 Å². The van der Waals surface area contributed by atoms with E-state index in [9.17, 15) is 13.0 Å². The number of unbranched alkanes of at least 4 members (excludes halogenated alkanes) is 9. The molecule has 0 saturated heterocycles. The van der Waals surface area contributed by atoms with Gasteiger partial charge in [-0.15, -0.1) is 0 Å². The molecule has 0 rings (SSSR count). The van der Waals surface area contributed by atoms with Gasteiger partial charge in [-0.25, -0.2) is 8.42 Å². The van der Waals surface area contributed by atoms with Crippen molar-refractivity contribution in [3.05, 3.63) is 0 Å². The van der Waals surface area contributed by atoms with Gasteiger partial charge in [0, 0.05) is 13.1 Å². The summed E-state index contributed by atoms with van der Waals surface area (Å²) in [5.74, 6) is 0. The second-order valence-corrected chi connectivity index (χ2v) is 7.82. The van der Waals surface area contributed by atoms with E-state index in [4.69, 9.17) is 10.2 Å². The van der Waals surface area contributed by atoms with Gasteiger partial charge in [-0.05, 0) is 20.3 Å². The van der Waals surface area contributed by atoms with E-state index >= 15 is 0 Å². The molecule has 160 valence electrons. The van der Waals surface area contributed by atoms with Gasteiger partial charge in [0.15, 0.2) is 0 Å². The molecule has 0 aliphatic heterocycles. The molecule has 0 spiro atoms. The number of hydrogen-bond acceptors (Lipinski definition) is 7. The third-order valence-electron chi connectivity index (χ3n) is 3.61. The van der Waals surface area contributed by atoms with Crippen LogP contribution < -0.4 is 5.32 Å². The summed E-state index contributed by atoms with van der Waals surface area (Å²) in [6.07, 6.45) is 11.0. The van der Waals surface area contributed by atoms with Gasteiger partial charge in [0.1, 0.15) is 0 Å². The Balaban J connectivity index is 0. The summed E-state index contributed by atoms with van der Waals surface area (Å²) in [6, 6.07) is 0. The van der Waals surface area contributed by atoms with Gasteiger partial charge in [0.2, 0.25) is 10.4 Å². The predicted octanol–water partition coefficient (Wildman–Crippen LogP) is 2.72. The molecule has 0 fully saturated rings. The highest BCUT2D eigenvalue weighted by Gasteiger charge is 1.96. The number of hydrogen-bond donors (Lipinski definition) is 3. The van der Waals surface area contributed by atoms with Crippen LogP contribution in [-0.4, -0.2) is 55.1 Å². The largest absolute Gasteiger partial charge is 0.726 e. The van der Waals surface area contributed by atoms with Crippen LogP contribution >= 0.6 is 0 Å². The molecule has 0 aromatic carbocycles. The molecule has 0 saturated carbocycles. The molecule has 2 unspecified atom stereocenters. The van der Waals surface area contributed by atoms with E-state index in [0.29, 0.717) is 19.5 Å². The Hall–Kier alpha value is -0.250. The minimum atomic E-state index is -4.48. The first kappa shape index (κ1) is 28.0. The molecule has 3 N–H and O–H groups in total.